The first-order valence-electron chi connectivity index (χ1n) is 9.05. The lowest BCUT2D eigenvalue weighted by Gasteiger charge is -2.12. The van der Waals surface area contributed by atoms with Crippen molar-refractivity contribution < 1.29 is 18.8 Å². The maximum atomic E-state index is 11.1. The molecule has 27 heavy (non-hydrogen) atoms. The number of non-ortho nitro benzene ring substituents is 1. The topological polar surface area (TPSA) is 87.6 Å². The first-order valence-corrected chi connectivity index (χ1v) is 9.05. The highest BCUT2D eigenvalue weighted by atomic mass is 16.7. The molecule has 1 aromatic heterocycles. The molecule has 0 N–H and O–H groups in total. The van der Waals surface area contributed by atoms with E-state index in [9.17, 15) is 10.1 Å². The Labute approximate surface area is 156 Å². The summed E-state index contributed by atoms with van der Waals surface area (Å²) in [6.07, 6.45) is 5.39. The van der Waals surface area contributed by atoms with Gasteiger partial charge in [0.15, 0.2) is 12.7 Å². The number of rotatable bonds is 7. The van der Waals surface area contributed by atoms with E-state index in [-0.39, 0.29) is 18.1 Å². The van der Waals surface area contributed by atoms with Gasteiger partial charge in [0.2, 0.25) is 5.58 Å². The summed E-state index contributed by atoms with van der Waals surface area (Å²) >= 11 is 0. The number of nitrogens with zero attached hydrogens (tertiary/aromatic N) is 2. The highest BCUT2D eigenvalue weighted by Gasteiger charge is 2.18. The number of hydrogen-bond donors (Lipinski definition) is 0. The molecular weight excluding hydrogens is 348 g/mol. The molecule has 1 saturated carbocycles. The minimum Gasteiger partial charge on any atom is -0.468 e. The van der Waals surface area contributed by atoms with Gasteiger partial charge in [0, 0.05) is 12.5 Å². The summed E-state index contributed by atoms with van der Waals surface area (Å²) in [7, 11) is 0. The lowest BCUT2D eigenvalue weighted by atomic mass is 10.1. The number of nitro groups is 1. The van der Waals surface area contributed by atoms with E-state index in [1.54, 1.807) is 12.1 Å². The van der Waals surface area contributed by atoms with Crippen LogP contribution in [-0.4, -0.2) is 22.8 Å². The molecule has 1 aliphatic rings. The van der Waals surface area contributed by atoms with E-state index in [4.69, 9.17) is 13.9 Å². The molecule has 7 heteroatoms. The first-order chi connectivity index (χ1) is 13.2. The fourth-order valence-electron chi connectivity index (χ4n) is 3.37. The largest absolute Gasteiger partial charge is 0.468 e. The van der Waals surface area contributed by atoms with Gasteiger partial charge in [-0.15, -0.1) is 0 Å². The molecule has 0 atom stereocenters. The minimum absolute atomic E-state index is 0.0765. The van der Waals surface area contributed by atoms with E-state index >= 15 is 0 Å². The maximum absolute atomic E-state index is 11.1. The average Bonchev–Trinajstić information content (AvgIpc) is 3.30. The van der Waals surface area contributed by atoms with Gasteiger partial charge >= 0.3 is 5.69 Å². The average molecular weight is 368 g/mol. The van der Waals surface area contributed by atoms with E-state index < -0.39 is 4.92 Å². The van der Waals surface area contributed by atoms with Crippen LogP contribution in [0.5, 0.6) is 5.75 Å². The number of aromatic nitrogens is 1. The van der Waals surface area contributed by atoms with E-state index in [1.807, 2.05) is 24.3 Å². The number of benzene rings is 2. The molecule has 3 aromatic rings. The van der Waals surface area contributed by atoms with Gasteiger partial charge in [-0.25, -0.2) is 4.98 Å². The highest BCUT2D eigenvalue weighted by Crippen LogP contribution is 2.27. The van der Waals surface area contributed by atoms with Crippen LogP contribution in [0.3, 0.4) is 0 Å². The van der Waals surface area contributed by atoms with Gasteiger partial charge in [-0.05, 0) is 36.6 Å². The summed E-state index contributed by atoms with van der Waals surface area (Å²) < 4.78 is 17.1. The molecule has 2 aromatic carbocycles. The van der Waals surface area contributed by atoms with Crippen molar-refractivity contribution in [2.45, 2.75) is 38.2 Å². The molecule has 0 spiro atoms. The lowest BCUT2D eigenvalue weighted by molar-refractivity contribution is -0.383. The number of nitro benzene ring substituents is 1. The Morgan fingerprint density at radius 2 is 2.00 bits per heavy atom. The zero-order valence-corrected chi connectivity index (χ0v) is 14.8. The van der Waals surface area contributed by atoms with Gasteiger partial charge in [0.1, 0.15) is 11.3 Å². The molecule has 0 aliphatic heterocycles. The van der Waals surface area contributed by atoms with Crippen molar-refractivity contribution in [3.63, 3.8) is 0 Å². The van der Waals surface area contributed by atoms with Crippen molar-refractivity contribution in [2.24, 2.45) is 0 Å². The molecule has 1 aliphatic carbocycles. The molecule has 1 fully saturated rings. The van der Waals surface area contributed by atoms with Gasteiger partial charge in [-0.3, -0.25) is 10.1 Å². The van der Waals surface area contributed by atoms with Crippen LogP contribution >= 0.6 is 0 Å². The summed E-state index contributed by atoms with van der Waals surface area (Å²) in [6.45, 7) is 0.239. The summed E-state index contributed by atoms with van der Waals surface area (Å²) in [6, 6.07) is 12.3. The van der Waals surface area contributed by atoms with Crippen molar-refractivity contribution >= 4 is 16.8 Å². The van der Waals surface area contributed by atoms with Gasteiger partial charge in [0.05, 0.1) is 11.0 Å². The van der Waals surface area contributed by atoms with Gasteiger partial charge in [-0.2, -0.15) is 0 Å². The van der Waals surface area contributed by atoms with E-state index in [2.05, 4.69) is 4.98 Å². The van der Waals surface area contributed by atoms with Crippen LogP contribution in [0.4, 0.5) is 5.69 Å². The zero-order valence-electron chi connectivity index (χ0n) is 14.8. The van der Waals surface area contributed by atoms with Crippen LogP contribution in [0.1, 0.15) is 37.1 Å². The third kappa shape index (κ3) is 4.09. The summed E-state index contributed by atoms with van der Waals surface area (Å²) in [5.74, 6) is 1.14. The first kappa shape index (κ1) is 17.5. The second-order valence-corrected chi connectivity index (χ2v) is 6.65. The van der Waals surface area contributed by atoms with Crippen molar-refractivity contribution in [2.75, 3.05) is 6.79 Å². The fraction of sp³-hybridized carbons (Fsp3) is 0.350. The van der Waals surface area contributed by atoms with Crippen LogP contribution in [0, 0.1) is 10.1 Å². The van der Waals surface area contributed by atoms with Gasteiger partial charge in [-0.1, -0.05) is 31.0 Å². The maximum Gasteiger partial charge on any atom is 0.313 e. The molecule has 1 heterocycles. The number of oxazole rings is 1. The van der Waals surface area contributed by atoms with Crippen LogP contribution in [0.25, 0.3) is 11.1 Å². The van der Waals surface area contributed by atoms with Crippen molar-refractivity contribution in [3.05, 3.63) is 64.0 Å². The zero-order chi connectivity index (χ0) is 18.6. The van der Waals surface area contributed by atoms with Crippen LogP contribution in [0.15, 0.2) is 46.9 Å². The van der Waals surface area contributed by atoms with E-state index in [1.165, 1.54) is 18.9 Å². The van der Waals surface area contributed by atoms with Crippen molar-refractivity contribution in [1.82, 2.24) is 4.98 Å². The van der Waals surface area contributed by atoms with E-state index in [0.29, 0.717) is 29.7 Å². The molecule has 0 radical (unpaired) electrons. The third-order valence-electron chi connectivity index (χ3n) is 4.72. The SMILES string of the molecule is O=[N+]([O-])c1cccc2nc(Cc3cccc(OCOC4CCCC4)c3)oc12. The Kier molecular flexibility index (Phi) is 5.02. The Hall–Kier alpha value is -2.93. The summed E-state index contributed by atoms with van der Waals surface area (Å²) in [5.41, 5.74) is 1.56. The highest BCUT2D eigenvalue weighted by molar-refractivity contribution is 5.82. The molecule has 0 saturated heterocycles. The molecular formula is C20H20N2O5. The Bertz CT molecular complexity index is 946. The third-order valence-corrected chi connectivity index (χ3v) is 4.72. The minimum atomic E-state index is -0.462. The standard InChI is InChI=1S/C20H20N2O5/c23-22(24)18-10-4-9-17-20(18)27-19(21-17)12-14-5-3-8-16(11-14)26-13-25-15-6-1-2-7-15/h3-5,8-11,15H,1-2,6-7,12-13H2. The summed E-state index contributed by atoms with van der Waals surface area (Å²) in [5, 5.41) is 11.1. The second kappa shape index (κ2) is 7.75. The molecule has 140 valence electrons. The lowest BCUT2D eigenvalue weighted by Crippen LogP contribution is -2.12. The molecule has 0 unspecified atom stereocenters. The van der Waals surface area contributed by atoms with Crippen LogP contribution in [-0.2, 0) is 11.2 Å². The number of hydrogen-bond acceptors (Lipinski definition) is 6. The Morgan fingerprint density at radius 1 is 1.19 bits per heavy atom. The summed E-state index contributed by atoms with van der Waals surface area (Å²) in [4.78, 5) is 15.0. The second-order valence-electron chi connectivity index (χ2n) is 6.65. The smallest absolute Gasteiger partial charge is 0.313 e. The van der Waals surface area contributed by atoms with Gasteiger partial charge < -0.3 is 13.9 Å². The fourth-order valence-corrected chi connectivity index (χ4v) is 3.37. The molecule has 7 nitrogen and oxygen atoms in total. The van der Waals surface area contributed by atoms with Gasteiger partial charge in [0.25, 0.3) is 0 Å². The number of ether oxygens (including phenoxy) is 2. The van der Waals surface area contributed by atoms with Crippen LogP contribution in [0.2, 0.25) is 0 Å². The Morgan fingerprint density at radius 3 is 2.81 bits per heavy atom. The predicted octanol–water partition coefficient (Wildman–Crippen LogP) is 4.62. The monoisotopic (exact) mass is 368 g/mol. The predicted molar refractivity (Wildman–Crippen MR) is 98.7 cm³/mol. The Balaban J connectivity index is 1.44. The van der Waals surface area contributed by atoms with Crippen molar-refractivity contribution in [1.29, 1.82) is 0 Å². The van der Waals surface area contributed by atoms with Crippen LogP contribution < -0.4 is 4.74 Å². The molecule has 4 rings (SSSR count). The normalized spacial score (nSPS) is 14.7. The molecule has 0 bridgehead atoms. The number of fused-ring (bicyclic) bond motifs is 1. The molecule has 0 amide bonds. The van der Waals surface area contributed by atoms with Crippen molar-refractivity contribution in [3.8, 4) is 5.75 Å². The number of para-hydroxylation sites is 1. The van der Waals surface area contributed by atoms with E-state index in [0.717, 1.165) is 18.4 Å². The quantitative estimate of drug-likeness (QED) is 0.343.